The molecule has 0 fully saturated rings. The molecule has 0 rings (SSSR count). The average molecular weight is 436 g/mol. The Morgan fingerprint density at radius 2 is 0.846 bits per heavy atom. The van der Waals surface area contributed by atoms with E-state index in [1.165, 1.54) is 0 Å². The summed E-state index contributed by atoms with van der Waals surface area (Å²) in [6.45, 7) is 0. The molecule has 0 aromatic carbocycles. The van der Waals surface area contributed by atoms with E-state index in [0.29, 0.717) is 6.42 Å². The Bertz CT molecular complexity index is 455. The Hall–Kier alpha value is -0.560. The second-order valence-electron chi connectivity index (χ2n) is 5.39. The minimum Gasteiger partial charge on any atom is -0.200 e. The van der Waals surface area contributed by atoms with Gasteiger partial charge in [-0.2, -0.15) is 69.7 Å². The first-order chi connectivity index (χ1) is 11.3. The van der Waals surface area contributed by atoms with E-state index < -0.39 is 48.6 Å². The fourth-order valence-electron chi connectivity index (χ4n) is 1.77. The maximum Gasteiger partial charge on any atom is 0.460 e. The van der Waals surface area contributed by atoms with E-state index in [4.69, 9.17) is 0 Å². The minimum atomic E-state index is -7.82. The predicted molar refractivity (Wildman–Crippen MR) is 67.7 cm³/mol. The fourth-order valence-corrected chi connectivity index (χ4v) is 2.00. The third kappa shape index (κ3) is 4.29. The SMILES string of the molecule is FC(F)(F)C(F)(F)C(F)(F)C(F)(F)C(F)(F)C(F)(F)CCCCCCS. The molecule has 0 spiro atoms. The number of hydrogen-bond donors (Lipinski definition) is 1. The van der Waals surface area contributed by atoms with Gasteiger partial charge in [0.05, 0.1) is 0 Å². The molecule has 0 aliphatic rings. The summed E-state index contributed by atoms with van der Waals surface area (Å²) in [5.74, 6) is -36.0. The maximum absolute atomic E-state index is 13.3. The molecule has 0 saturated carbocycles. The number of thiol groups is 1. The lowest BCUT2D eigenvalue weighted by molar-refractivity contribution is -0.440. The highest BCUT2D eigenvalue weighted by atomic mass is 32.1. The molecule has 0 aliphatic carbocycles. The Labute approximate surface area is 144 Å². The number of unbranched alkanes of at least 4 members (excludes halogenated alkanes) is 3. The van der Waals surface area contributed by atoms with Crippen LogP contribution in [0.25, 0.3) is 0 Å². The maximum atomic E-state index is 13.3. The van der Waals surface area contributed by atoms with Gasteiger partial charge in [0.25, 0.3) is 0 Å². The first kappa shape index (κ1) is 25.4. The van der Waals surface area contributed by atoms with Crippen LogP contribution in [-0.2, 0) is 0 Å². The first-order valence-electron chi connectivity index (χ1n) is 6.88. The highest BCUT2D eigenvalue weighted by molar-refractivity contribution is 7.80. The fraction of sp³-hybridized carbons (Fsp3) is 1.00. The molecule has 0 amide bonds. The van der Waals surface area contributed by atoms with Gasteiger partial charge in [-0.3, -0.25) is 0 Å². The van der Waals surface area contributed by atoms with Crippen molar-refractivity contribution in [1.82, 2.24) is 0 Å². The summed E-state index contributed by atoms with van der Waals surface area (Å²) < 4.78 is 166. The van der Waals surface area contributed by atoms with E-state index in [0.717, 1.165) is 0 Å². The molecule has 0 heterocycles. The molecule has 0 bridgehead atoms. The van der Waals surface area contributed by atoms with E-state index in [1.54, 1.807) is 0 Å². The molecule has 0 aliphatic heterocycles. The standard InChI is InChI=1S/C12H13F13S/c13-7(14,5-3-1-2-4-6-26)8(15,16)9(17,18)10(19,20)11(21,22)12(23,24)25/h26H,1-6H2. The van der Waals surface area contributed by atoms with E-state index >= 15 is 0 Å². The Kier molecular flexibility index (Phi) is 7.65. The smallest absolute Gasteiger partial charge is 0.200 e. The summed E-state index contributed by atoms with van der Waals surface area (Å²) in [6, 6.07) is 0. The molecule has 0 N–H and O–H groups in total. The summed E-state index contributed by atoms with van der Waals surface area (Å²) in [5.41, 5.74) is 0. The highest BCUT2D eigenvalue weighted by Crippen LogP contribution is 2.60. The quantitative estimate of drug-likeness (QED) is 0.223. The van der Waals surface area contributed by atoms with Gasteiger partial charge in [-0.05, 0) is 18.6 Å². The van der Waals surface area contributed by atoms with Crippen molar-refractivity contribution in [2.75, 3.05) is 5.75 Å². The summed E-state index contributed by atoms with van der Waals surface area (Å²) in [6.07, 6.45) is -10.1. The van der Waals surface area contributed by atoms with E-state index in [1.807, 2.05) is 0 Å². The summed E-state index contributed by atoms with van der Waals surface area (Å²) >= 11 is 3.73. The Morgan fingerprint density at radius 1 is 0.462 bits per heavy atom. The van der Waals surface area contributed by atoms with Crippen LogP contribution in [0.3, 0.4) is 0 Å². The van der Waals surface area contributed by atoms with Crippen molar-refractivity contribution in [2.45, 2.75) is 67.9 Å². The molecule has 0 atom stereocenters. The zero-order chi connectivity index (χ0) is 21.2. The number of hydrogen-bond acceptors (Lipinski definition) is 1. The summed E-state index contributed by atoms with van der Waals surface area (Å²) in [4.78, 5) is 0. The van der Waals surface area contributed by atoms with Crippen LogP contribution in [0.2, 0.25) is 0 Å². The molecular formula is C12H13F13S. The van der Waals surface area contributed by atoms with Crippen molar-refractivity contribution in [3.05, 3.63) is 0 Å². The zero-order valence-electron chi connectivity index (χ0n) is 12.6. The third-order valence-corrected chi connectivity index (χ3v) is 3.71. The minimum absolute atomic E-state index is 0.143. The van der Waals surface area contributed by atoms with E-state index in [9.17, 15) is 57.1 Å². The van der Waals surface area contributed by atoms with Crippen molar-refractivity contribution in [1.29, 1.82) is 0 Å². The Morgan fingerprint density at radius 3 is 1.23 bits per heavy atom. The topological polar surface area (TPSA) is 0 Å². The van der Waals surface area contributed by atoms with Crippen molar-refractivity contribution < 1.29 is 57.1 Å². The molecule has 158 valence electrons. The van der Waals surface area contributed by atoms with Crippen LogP contribution < -0.4 is 0 Å². The van der Waals surface area contributed by atoms with Crippen molar-refractivity contribution in [3.63, 3.8) is 0 Å². The highest BCUT2D eigenvalue weighted by Gasteiger charge is 2.90. The van der Waals surface area contributed by atoms with Crippen LogP contribution in [0.4, 0.5) is 57.1 Å². The number of alkyl halides is 13. The molecule has 0 radical (unpaired) electrons. The van der Waals surface area contributed by atoms with Gasteiger partial charge in [0.1, 0.15) is 0 Å². The lowest BCUT2D eigenvalue weighted by atomic mass is 9.91. The number of rotatable bonds is 10. The van der Waals surface area contributed by atoms with Gasteiger partial charge < -0.3 is 0 Å². The average Bonchev–Trinajstić information content (AvgIpc) is 2.44. The van der Waals surface area contributed by atoms with Crippen LogP contribution in [-0.4, -0.2) is 41.5 Å². The van der Waals surface area contributed by atoms with Gasteiger partial charge in [0, 0.05) is 6.42 Å². The molecule has 0 unspecified atom stereocenters. The second-order valence-corrected chi connectivity index (χ2v) is 5.83. The molecule has 0 aromatic rings. The van der Waals surface area contributed by atoms with Gasteiger partial charge in [-0.1, -0.05) is 12.8 Å². The monoisotopic (exact) mass is 436 g/mol. The molecular weight excluding hydrogens is 423 g/mol. The molecule has 0 aromatic heterocycles. The van der Waals surface area contributed by atoms with Crippen LogP contribution in [0.1, 0.15) is 32.1 Å². The van der Waals surface area contributed by atoms with Gasteiger partial charge in [0.2, 0.25) is 0 Å². The number of halogens is 13. The molecule has 0 nitrogen and oxygen atoms in total. The lowest BCUT2D eigenvalue weighted by Gasteiger charge is -2.39. The molecule has 14 heteroatoms. The normalized spacial score (nSPS) is 15.5. The van der Waals surface area contributed by atoms with Gasteiger partial charge in [-0.25, -0.2) is 0 Å². The largest absolute Gasteiger partial charge is 0.460 e. The van der Waals surface area contributed by atoms with Gasteiger partial charge in [0.15, 0.2) is 0 Å². The summed E-state index contributed by atoms with van der Waals surface area (Å²) in [7, 11) is 0. The van der Waals surface area contributed by atoms with Crippen LogP contribution >= 0.6 is 12.6 Å². The zero-order valence-corrected chi connectivity index (χ0v) is 13.5. The lowest BCUT2D eigenvalue weighted by Crippen LogP contribution is -2.70. The van der Waals surface area contributed by atoms with Crippen molar-refractivity contribution in [3.8, 4) is 0 Å². The van der Waals surface area contributed by atoms with Crippen LogP contribution in [0, 0.1) is 0 Å². The van der Waals surface area contributed by atoms with E-state index in [2.05, 4.69) is 12.6 Å². The summed E-state index contributed by atoms with van der Waals surface area (Å²) in [5, 5.41) is 0. The van der Waals surface area contributed by atoms with Gasteiger partial charge >= 0.3 is 35.8 Å². The van der Waals surface area contributed by atoms with Crippen molar-refractivity contribution >= 4 is 12.6 Å². The Balaban J connectivity index is 5.64. The third-order valence-electron chi connectivity index (χ3n) is 3.40. The molecule has 26 heavy (non-hydrogen) atoms. The van der Waals surface area contributed by atoms with Crippen molar-refractivity contribution in [2.24, 2.45) is 0 Å². The van der Waals surface area contributed by atoms with E-state index in [-0.39, 0.29) is 18.6 Å². The van der Waals surface area contributed by atoms with Gasteiger partial charge in [-0.15, -0.1) is 0 Å². The molecule has 0 saturated heterocycles. The second kappa shape index (κ2) is 7.82. The predicted octanol–water partition coefficient (Wildman–Crippen LogP) is 6.61. The van der Waals surface area contributed by atoms with Crippen LogP contribution in [0.15, 0.2) is 0 Å². The first-order valence-corrected chi connectivity index (χ1v) is 7.51. The van der Waals surface area contributed by atoms with Crippen LogP contribution in [0.5, 0.6) is 0 Å².